The lowest BCUT2D eigenvalue weighted by Gasteiger charge is -2.28. The molecule has 1 aliphatic rings. The molecule has 0 atom stereocenters. The van der Waals surface area contributed by atoms with Crippen molar-refractivity contribution in [3.63, 3.8) is 0 Å². The van der Waals surface area contributed by atoms with Crippen LogP contribution >= 0.6 is 0 Å². The Morgan fingerprint density at radius 3 is 1.95 bits per heavy atom. The molecule has 0 fully saturated rings. The maximum Gasteiger partial charge on any atom is 0.340 e. The van der Waals surface area contributed by atoms with Gasteiger partial charge in [-0.25, -0.2) is 13.8 Å². The van der Waals surface area contributed by atoms with Crippen molar-refractivity contribution in [1.82, 2.24) is 13.4 Å². The molecule has 0 amide bonds. The van der Waals surface area contributed by atoms with E-state index in [1.54, 1.807) is 4.57 Å². The number of pyridine rings is 1. The van der Waals surface area contributed by atoms with Gasteiger partial charge in [0.1, 0.15) is 11.3 Å². The number of aromatic nitrogens is 3. The van der Waals surface area contributed by atoms with Crippen molar-refractivity contribution in [2.45, 2.75) is 13.8 Å². The second kappa shape index (κ2) is 8.94. The molecule has 0 aliphatic carbocycles. The first kappa shape index (κ1) is 24.9. The number of fused-ring (bicyclic) bond motifs is 3. The van der Waals surface area contributed by atoms with E-state index in [2.05, 4.69) is 48.6 Å². The van der Waals surface area contributed by atoms with E-state index >= 15 is 4.79 Å². The Morgan fingerprint density at radius 1 is 0.568 bits per heavy atom. The van der Waals surface area contributed by atoms with Gasteiger partial charge < -0.3 is 0 Å². The van der Waals surface area contributed by atoms with Gasteiger partial charge in [-0.2, -0.15) is 0 Å². The molecule has 0 N–H and O–H groups in total. The van der Waals surface area contributed by atoms with E-state index in [-0.39, 0.29) is 17.8 Å². The predicted octanol–water partition coefficient (Wildman–Crippen LogP) is 5.12. The molecule has 6 heteroatoms. The normalized spacial score (nSPS) is 12.5. The van der Waals surface area contributed by atoms with Gasteiger partial charge in [0.15, 0.2) is 5.43 Å². The van der Waals surface area contributed by atoms with E-state index in [1.807, 2.05) is 95.4 Å². The van der Waals surface area contributed by atoms with E-state index in [1.165, 1.54) is 16.6 Å². The van der Waals surface area contributed by atoms with Crippen LogP contribution in [0.5, 0.6) is 0 Å². The summed E-state index contributed by atoms with van der Waals surface area (Å²) in [6, 6.07) is 40.1. The Bertz CT molecular complexity index is 2590. The summed E-state index contributed by atoms with van der Waals surface area (Å²) in [6.45, 7) is 4.15. The van der Waals surface area contributed by atoms with Crippen LogP contribution in [0.25, 0.3) is 49.9 Å². The molecular formula is C38H26BN3O2. The molecule has 0 radical (unpaired) electrons. The van der Waals surface area contributed by atoms with Crippen LogP contribution in [-0.4, -0.2) is 20.1 Å². The molecule has 9 rings (SSSR count). The first-order valence-electron chi connectivity index (χ1n) is 14.9. The molecule has 0 unspecified atom stereocenters. The number of benzene rings is 5. The van der Waals surface area contributed by atoms with Gasteiger partial charge in [0.2, 0.25) is 6.71 Å². The van der Waals surface area contributed by atoms with Gasteiger partial charge in [0, 0.05) is 5.39 Å². The number of aryl methyl sites for hydroxylation is 2. The Labute approximate surface area is 253 Å². The standard InChI is InChI=1S/C38H26BN3O2/c1-23-13-11-14-24(2)32(23)39-29-21-12-20-28-34(29)42-36(31(35(28)43)25-15-5-3-6-16-25)40(26-17-7-4-8-18-26)38(44)41-30-22-10-9-19-27(30)33(39)37(41)42/h3-22H,1-2H3. The topological polar surface area (TPSA) is 47.9 Å². The largest absolute Gasteiger partial charge is 0.340 e. The summed E-state index contributed by atoms with van der Waals surface area (Å²) >= 11 is 0. The van der Waals surface area contributed by atoms with E-state index in [9.17, 15) is 4.79 Å². The zero-order valence-electron chi connectivity index (χ0n) is 24.3. The van der Waals surface area contributed by atoms with Crippen molar-refractivity contribution in [2.75, 3.05) is 0 Å². The lowest BCUT2D eigenvalue weighted by atomic mass is 9.34. The molecule has 0 saturated heterocycles. The summed E-state index contributed by atoms with van der Waals surface area (Å²) in [7, 11) is 0. The average Bonchev–Trinajstić information content (AvgIpc) is 3.40. The highest BCUT2D eigenvalue weighted by atomic mass is 16.1. The Kier molecular flexibility index (Phi) is 5.07. The predicted molar refractivity (Wildman–Crippen MR) is 181 cm³/mol. The monoisotopic (exact) mass is 567 g/mol. The number of nitrogens with zero attached hydrogens (tertiary/aromatic N) is 3. The van der Waals surface area contributed by atoms with Gasteiger partial charge in [0.05, 0.1) is 22.3 Å². The minimum absolute atomic E-state index is 0.0821. The molecule has 44 heavy (non-hydrogen) atoms. The van der Waals surface area contributed by atoms with Gasteiger partial charge in [-0.15, -0.1) is 0 Å². The second-order valence-electron chi connectivity index (χ2n) is 11.8. The number of hydrogen-bond acceptors (Lipinski definition) is 2. The minimum Gasteiger partial charge on any atom is -0.288 e. The van der Waals surface area contributed by atoms with Crippen LogP contribution in [0.3, 0.4) is 0 Å². The van der Waals surface area contributed by atoms with E-state index in [0.717, 1.165) is 38.6 Å². The zero-order valence-corrected chi connectivity index (χ0v) is 24.3. The molecular weight excluding hydrogens is 541 g/mol. The minimum atomic E-state index is -0.204. The number of para-hydroxylation sites is 3. The summed E-state index contributed by atoms with van der Waals surface area (Å²) in [5.41, 5.74) is 10.5. The smallest absolute Gasteiger partial charge is 0.288 e. The molecule has 1 aliphatic heterocycles. The van der Waals surface area contributed by atoms with Crippen molar-refractivity contribution in [1.29, 1.82) is 0 Å². The van der Waals surface area contributed by atoms with E-state index in [4.69, 9.17) is 0 Å². The molecule has 5 nitrogen and oxygen atoms in total. The van der Waals surface area contributed by atoms with Gasteiger partial charge in [-0.3, -0.25) is 9.20 Å². The summed E-state index contributed by atoms with van der Waals surface area (Å²) in [5, 5.41) is 1.68. The van der Waals surface area contributed by atoms with Crippen LogP contribution in [0.1, 0.15) is 11.1 Å². The SMILES string of the molecule is Cc1cccc(C)c1B1c2cccc3c(=O)c(-c4ccccc4)c4n(-c5ccccc5)c(=O)n5c6ccccc6c1c5n4c23. The van der Waals surface area contributed by atoms with Gasteiger partial charge in [0.25, 0.3) is 0 Å². The summed E-state index contributed by atoms with van der Waals surface area (Å²) in [6.07, 6.45) is 0. The summed E-state index contributed by atoms with van der Waals surface area (Å²) in [5.74, 6) is 0. The van der Waals surface area contributed by atoms with Crippen LogP contribution < -0.4 is 27.5 Å². The van der Waals surface area contributed by atoms with Crippen molar-refractivity contribution >= 4 is 56.2 Å². The van der Waals surface area contributed by atoms with E-state index in [0.29, 0.717) is 22.3 Å². The second-order valence-corrected chi connectivity index (χ2v) is 11.8. The fourth-order valence-electron chi connectivity index (χ4n) is 7.65. The highest BCUT2D eigenvalue weighted by Gasteiger charge is 2.38. The molecule has 0 spiro atoms. The quantitative estimate of drug-likeness (QED) is 0.220. The van der Waals surface area contributed by atoms with Crippen LogP contribution in [0.2, 0.25) is 0 Å². The third kappa shape index (κ3) is 3.09. The van der Waals surface area contributed by atoms with Gasteiger partial charge >= 0.3 is 5.69 Å². The Morgan fingerprint density at radius 2 is 1.20 bits per heavy atom. The molecule has 0 saturated carbocycles. The highest BCUT2D eigenvalue weighted by molar-refractivity contribution is 7.00. The first-order chi connectivity index (χ1) is 21.6. The molecule has 4 heterocycles. The highest BCUT2D eigenvalue weighted by Crippen LogP contribution is 2.31. The average molecular weight is 567 g/mol. The lowest BCUT2D eigenvalue weighted by molar-refractivity contribution is 0.880. The first-order valence-corrected chi connectivity index (χ1v) is 14.9. The number of hydrogen-bond donors (Lipinski definition) is 0. The van der Waals surface area contributed by atoms with Crippen molar-refractivity contribution in [2.24, 2.45) is 0 Å². The Balaban J connectivity index is 1.66. The molecule has 3 aromatic heterocycles. The van der Waals surface area contributed by atoms with Crippen molar-refractivity contribution in [3.05, 3.63) is 153 Å². The van der Waals surface area contributed by atoms with Crippen LogP contribution in [0.4, 0.5) is 0 Å². The number of rotatable bonds is 3. The van der Waals surface area contributed by atoms with E-state index < -0.39 is 0 Å². The maximum atomic E-state index is 15.0. The fraction of sp³-hybridized carbons (Fsp3) is 0.0526. The lowest BCUT2D eigenvalue weighted by Crippen LogP contribution is -2.57. The summed E-state index contributed by atoms with van der Waals surface area (Å²) in [4.78, 5) is 29.8. The molecule has 208 valence electrons. The molecule has 5 aromatic carbocycles. The fourth-order valence-corrected chi connectivity index (χ4v) is 7.65. The van der Waals surface area contributed by atoms with Gasteiger partial charge in [-0.05, 0) is 60.0 Å². The van der Waals surface area contributed by atoms with Crippen LogP contribution in [-0.2, 0) is 0 Å². The van der Waals surface area contributed by atoms with Crippen molar-refractivity contribution in [3.8, 4) is 16.8 Å². The van der Waals surface area contributed by atoms with Gasteiger partial charge in [-0.1, -0.05) is 114 Å². The molecule has 0 bridgehead atoms. The van der Waals surface area contributed by atoms with Crippen molar-refractivity contribution < 1.29 is 0 Å². The molecule has 8 aromatic rings. The third-order valence-corrected chi connectivity index (χ3v) is 9.40. The third-order valence-electron chi connectivity index (χ3n) is 9.40. The maximum absolute atomic E-state index is 15.0. The Hall–Kier alpha value is -5.62. The zero-order chi connectivity index (χ0) is 29.7. The van der Waals surface area contributed by atoms with Crippen LogP contribution in [0.15, 0.2) is 131 Å². The summed E-state index contributed by atoms with van der Waals surface area (Å²) < 4.78 is 5.78. The van der Waals surface area contributed by atoms with Crippen LogP contribution in [0, 0.1) is 13.8 Å².